The minimum Gasteiger partial charge on any atom is -0.494 e. The highest BCUT2D eigenvalue weighted by atomic mass is 32.2. The first kappa shape index (κ1) is 22.4. The van der Waals surface area contributed by atoms with Crippen molar-refractivity contribution in [2.75, 3.05) is 31.6 Å². The number of anilines is 1. The van der Waals surface area contributed by atoms with Crippen molar-refractivity contribution >= 4 is 26.9 Å². The maximum atomic E-state index is 14.2. The van der Waals surface area contributed by atoms with Gasteiger partial charge in [-0.25, -0.2) is 19.5 Å². The highest BCUT2D eigenvalue weighted by Crippen LogP contribution is 2.31. The topological polar surface area (TPSA) is 102 Å². The SMILES string of the molecule is COc1cc2ncnc(N3CCC(N(CCC(F)(F)F)S(N)(=O)=O)CC3)c2cc1F. The van der Waals surface area contributed by atoms with E-state index in [0.29, 0.717) is 34.1 Å². The third kappa shape index (κ3) is 5.08. The van der Waals surface area contributed by atoms with Crippen molar-refractivity contribution in [3.63, 3.8) is 0 Å². The number of hydrogen-bond donors (Lipinski definition) is 1. The average Bonchev–Trinajstić information content (AvgIpc) is 2.66. The van der Waals surface area contributed by atoms with E-state index in [0.717, 1.165) is 0 Å². The van der Waals surface area contributed by atoms with E-state index in [-0.39, 0.29) is 18.6 Å². The Bertz CT molecular complexity index is 1010. The molecular formula is C17H21F4N5O3S. The van der Waals surface area contributed by atoms with Gasteiger partial charge in [0.1, 0.15) is 12.1 Å². The number of nitrogens with zero attached hydrogens (tertiary/aromatic N) is 4. The summed E-state index contributed by atoms with van der Waals surface area (Å²) in [5, 5.41) is 5.60. The Kier molecular flexibility index (Phi) is 6.34. The molecule has 1 aliphatic rings. The van der Waals surface area contributed by atoms with Gasteiger partial charge in [-0.15, -0.1) is 0 Å². The minimum atomic E-state index is -4.49. The maximum Gasteiger partial charge on any atom is 0.390 e. The number of nitrogens with two attached hydrogens (primary N) is 1. The number of aromatic nitrogens is 2. The molecule has 0 saturated carbocycles. The molecule has 0 amide bonds. The van der Waals surface area contributed by atoms with Crippen LogP contribution >= 0.6 is 0 Å². The summed E-state index contributed by atoms with van der Waals surface area (Å²) in [4.78, 5) is 10.1. The number of rotatable bonds is 6. The van der Waals surface area contributed by atoms with E-state index < -0.39 is 41.2 Å². The van der Waals surface area contributed by atoms with Crippen molar-refractivity contribution < 1.29 is 30.7 Å². The zero-order valence-electron chi connectivity index (χ0n) is 16.1. The summed E-state index contributed by atoms with van der Waals surface area (Å²) in [5.74, 6) is -0.0831. The Morgan fingerprint density at radius 1 is 1.27 bits per heavy atom. The van der Waals surface area contributed by atoms with Crippen LogP contribution < -0.4 is 14.8 Å². The van der Waals surface area contributed by atoms with Crippen LogP contribution in [0.5, 0.6) is 5.75 Å². The highest BCUT2D eigenvalue weighted by Gasteiger charge is 2.35. The predicted octanol–water partition coefficient (Wildman–Crippen LogP) is 2.20. The van der Waals surface area contributed by atoms with E-state index in [1.54, 1.807) is 0 Å². The fraction of sp³-hybridized carbons (Fsp3) is 0.529. The Labute approximate surface area is 170 Å². The zero-order chi connectivity index (χ0) is 22.1. The van der Waals surface area contributed by atoms with Gasteiger partial charge in [0, 0.05) is 37.1 Å². The summed E-state index contributed by atoms with van der Waals surface area (Å²) in [6.45, 7) is -0.112. The van der Waals surface area contributed by atoms with E-state index in [4.69, 9.17) is 9.88 Å². The lowest BCUT2D eigenvalue weighted by Crippen LogP contribution is -2.50. The van der Waals surface area contributed by atoms with Crippen LogP contribution in [-0.4, -0.2) is 61.7 Å². The minimum absolute atomic E-state index is 0.0410. The Balaban J connectivity index is 1.78. The summed E-state index contributed by atoms with van der Waals surface area (Å²) in [5.41, 5.74) is 0.469. The third-order valence-corrected chi connectivity index (χ3v) is 6.14. The van der Waals surface area contributed by atoms with Gasteiger partial charge in [-0.1, -0.05) is 0 Å². The van der Waals surface area contributed by atoms with Crippen LogP contribution in [0.15, 0.2) is 18.5 Å². The summed E-state index contributed by atoms with van der Waals surface area (Å²) in [6.07, 6.45) is -3.95. The van der Waals surface area contributed by atoms with E-state index in [1.165, 1.54) is 25.6 Å². The van der Waals surface area contributed by atoms with Gasteiger partial charge in [0.2, 0.25) is 0 Å². The van der Waals surface area contributed by atoms with Crippen LogP contribution in [0.3, 0.4) is 0 Å². The normalized spacial score (nSPS) is 16.4. The molecule has 8 nitrogen and oxygen atoms in total. The molecule has 166 valence electrons. The molecule has 3 rings (SSSR count). The van der Waals surface area contributed by atoms with E-state index in [2.05, 4.69) is 9.97 Å². The molecule has 13 heteroatoms. The second-order valence-electron chi connectivity index (χ2n) is 6.94. The van der Waals surface area contributed by atoms with Gasteiger partial charge in [-0.3, -0.25) is 0 Å². The maximum absolute atomic E-state index is 14.2. The number of piperidine rings is 1. The molecule has 0 atom stereocenters. The summed E-state index contributed by atoms with van der Waals surface area (Å²) in [6, 6.07) is 2.04. The largest absolute Gasteiger partial charge is 0.494 e. The van der Waals surface area contributed by atoms with Crippen molar-refractivity contribution in [3.05, 3.63) is 24.3 Å². The van der Waals surface area contributed by atoms with Gasteiger partial charge in [-0.05, 0) is 18.9 Å². The quantitative estimate of drug-likeness (QED) is 0.676. The molecule has 1 aromatic heterocycles. The van der Waals surface area contributed by atoms with Crippen LogP contribution in [0.25, 0.3) is 10.9 Å². The zero-order valence-corrected chi connectivity index (χ0v) is 16.9. The number of fused-ring (bicyclic) bond motifs is 1. The van der Waals surface area contributed by atoms with Gasteiger partial charge >= 0.3 is 6.18 Å². The fourth-order valence-corrected chi connectivity index (χ4v) is 4.54. The van der Waals surface area contributed by atoms with Gasteiger partial charge in [-0.2, -0.15) is 25.9 Å². The molecule has 30 heavy (non-hydrogen) atoms. The molecule has 0 radical (unpaired) electrons. The molecule has 0 spiro atoms. The lowest BCUT2D eigenvalue weighted by Gasteiger charge is -2.37. The first-order chi connectivity index (χ1) is 14.0. The second-order valence-corrected chi connectivity index (χ2v) is 8.44. The second kappa shape index (κ2) is 8.47. The van der Waals surface area contributed by atoms with Crippen molar-refractivity contribution in [2.45, 2.75) is 31.5 Å². The molecule has 2 N–H and O–H groups in total. The Hall–Kier alpha value is -2.25. The summed E-state index contributed by atoms with van der Waals surface area (Å²) in [7, 11) is -2.95. The lowest BCUT2D eigenvalue weighted by molar-refractivity contribution is -0.136. The first-order valence-corrected chi connectivity index (χ1v) is 10.6. The van der Waals surface area contributed by atoms with Gasteiger partial charge in [0.15, 0.2) is 11.6 Å². The standard InChI is InChI=1S/C17H21F4N5O3S/c1-29-15-9-14-12(8-13(15)18)16(24-10-23-14)25-5-2-11(3-6-25)26(30(22,27)28)7-4-17(19,20)21/h8-11H,2-7H2,1H3,(H2,22,27,28). The van der Waals surface area contributed by atoms with Crippen molar-refractivity contribution in [1.82, 2.24) is 14.3 Å². The molecule has 1 aliphatic heterocycles. The molecule has 0 unspecified atom stereocenters. The van der Waals surface area contributed by atoms with E-state index in [1.807, 2.05) is 4.90 Å². The molecule has 1 saturated heterocycles. The van der Waals surface area contributed by atoms with Crippen LogP contribution in [-0.2, 0) is 10.2 Å². The van der Waals surface area contributed by atoms with Crippen LogP contribution in [0.4, 0.5) is 23.4 Å². The number of ether oxygens (including phenoxy) is 1. The fourth-order valence-electron chi connectivity index (χ4n) is 3.57. The Morgan fingerprint density at radius 3 is 2.50 bits per heavy atom. The monoisotopic (exact) mass is 451 g/mol. The van der Waals surface area contributed by atoms with Crippen molar-refractivity contribution in [1.29, 1.82) is 0 Å². The smallest absolute Gasteiger partial charge is 0.390 e. The molecular weight excluding hydrogens is 430 g/mol. The highest BCUT2D eigenvalue weighted by molar-refractivity contribution is 7.86. The van der Waals surface area contributed by atoms with Gasteiger partial charge < -0.3 is 9.64 Å². The molecule has 2 heterocycles. The van der Waals surface area contributed by atoms with Crippen molar-refractivity contribution in [2.24, 2.45) is 5.14 Å². The van der Waals surface area contributed by atoms with Crippen LogP contribution in [0.2, 0.25) is 0 Å². The number of hydrogen-bond acceptors (Lipinski definition) is 6. The summed E-state index contributed by atoms with van der Waals surface area (Å²) >= 11 is 0. The number of benzene rings is 1. The van der Waals surface area contributed by atoms with Crippen molar-refractivity contribution in [3.8, 4) is 5.75 Å². The lowest BCUT2D eigenvalue weighted by atomic mass is 10.0. The van der Waals surface area contributed by atoms with E-state index >= 15 is 0 Å². The van der Waals surface area contributed by atoms with Gasteiger partial charge in [0.05, 0.1) is 19.0 Å². The van der Waals surface area contributed by atoms with E-state index in [9.17, 15) is 26.0 Å². The van der Waals surface area contributed by atoms with Gasteiger partial charge in [0.25, 0.3) is 10.2 Å². The Morgan fingerprint density at radius 2 is 1.93 bits per heavy atom. The number of alkyl halides is 3. The third-order valence-electron chi connectivity index (χ3n) is 5.00. The first-order valence-electron chi connectivity index (χ1n) is 9.09. The molecule has 1 aromatic carbocycles. The molecule has 0 aliphatic carbocycles. The number of halogens is 4. The van der Waals surface area contributed by atoms with Crippen LogP contribution in [0.1, 0.15) is 19.3 Å². The average molecular weight is 451 g/mol. The predicted molar refractivity (Wildman–Crippen MR) is 102 cm³/mol. The summed E-state index contributed by atoms with van der Waals surface area (Å²) < 4.78 is 81.2. The molecule has 1 fully saturated rings. The van der Waals surface area contributed by atoms with Crippen LogP contribution in [0, 0.1) is 5.82 Å². The molecule has 0 bridgehead atoms. The number of methoxy groups -OCH3 is 1. The molecule has 2 aromatic rings.